The van der Waals surface area contributed by atoms with Gasteiger partial charge >= 0.3 is 5.97 Å². The average molecular weight is 368 g/mol. The van der Waals surface area contributed by atoms with Gasteiger partial charge in [0.1, 0.15) is 0 Å². The first-order valence-corrected chi connectivity index (χ1v) is 6.48. The van der Waals surface area contributed by atoms with E-state index in [1.54, 1.807) is 0 Å². The molecule has 1 aromatic rings. The highest BCUT2D eigenvalue weighted by atomic mass is 79.9. The van der Waals surface area contributed by atoms with E-state index in [-0.39, 0.29) is 6.42 Å². The van der Waals surface area contributed by atoms with Crippen LogP contribution in [0.1, 0.15) is 6.42 Å². The van der Waals surface area contributed by atoms with Crippen LogP contribution in [-0.2, 0) is 4.79 Å². The lowest BCUT2D eigenvalue weighted by Crippen LogP contribution is -2.15. The van der Waals surface area contributed by atoms with Crippen molar-refractivity contribution in [3.63, 3.8) is 0 Å². The normalized spacial score (nSPS) is 9.71. The van der Waals surface area contributed by atoms with Gasteiger partial charge in [-0.15, -0.1) is 0 Å². The average Bonchev–Trinajstić information content (AvgIpc) is 2.22. The zero-order chi connectivity index (χ0) is 13.4. The first kappa shape index (κ1) is 16.4. The van der Waals surface area contributed by atoms with Crippen LogP contribution in [0, 0.1) is 0 Å². The molecule has 0 heterocycles. The molecule has 0 fully saturated rings. The molecule has 4 nitrogen and oxygen atoms in total. The van der Waals surface area contributed by atoms with Gasteiger partial charge in [0.15, 0.2) is 0 Å². The summed E-state index contributed by atoms with van der Waals surface area (Å²) >= 11 is 6.65. The predicted octanol–water partition coefficient (Wildman–Crippen LogP) is 2.82. The molecule has 6 heteroatoms. The lowest BCUT2D eigenvalue weighted by molar-refractivity contribution is -0.137. The highest BCUT2D eigenvalue weighted by molar-refractivity contribution is 9.13. The summed E-state index contributed by atoms with van der Waals surface area (Å²) in [5.41, 5.74) is 6.25. The van der Waals surface area contributed by atoms with Gasteiger partial charge < -0.3 is 15.7 Å². The lowest BCUT2D eigenvalue weighted by Gasteiger charge is -2.04. The van der Waals surface area contributed by atoms with Crippen LogP contribution in [0.5, 0.6) is 0 Å². The second-order valence-corrected chi connectivity index (χ2v) is 5.33. The minimum absolute atomic E-state index is 0.229. The third-order valence-corrected chi connectivity index (χ3v) is 3.60. The van der Waals surface area contributed by atoms with Crippen LogP contribution in [-0.4, -0.2) is 36.6 Å². The summed E-state index contributed by atoms with van der Waals surface area (Å²) in [5, 5.41) is 8.14. The molecular formula is C11H16Br2N2O2. The van der Waals surface area contributed by atoms with Gasteiger partial charge in [0.25, 0.3) is 0 Å². The van der Waals surface area contributed by atoms with Crippen molar-refractivity contribution in [2.45, 2.75) is 6.42 Å². The number of rotatable bonds is 3. The molecule has 0 amide bonds. The molecule has 1 rings (SSSR count). The largest absolute Gasteiger partial charge is 0.481 e. The van der Waals surface area contributed by atoms with Crippen molar-refractivity contribution in [1.29, 1.82) is 0 Å². The fourth-order valence-electron chi connectivity index (χ4n) is 0.832. The molecule has 0 saturated heterocycles. The van der Waals surface area contributed by atoms with Gasteiger partial charge in [-0.3, -0.25) is 4.79 Å². The number of nitrogens with two attached hydrogens (primary N) is 1. The quantitative estimate of drug-likeness (QED) is 0.806. The number of nitrogens with zero attached hydrogens (tertiary/aromatic N) is 1. The number of carbonyl (C=O) groups is 1. The van der Waals surface area contributed by atoms with Gasteiger partial charge in [-0.2, -0.15) is 0 Å². The Morgan fingerprint density at radius 1 is 1.35 bits per heavy atom. The van der Waals surface area contributed by atoms with E-state index >= 15 is 0 Å². The molecule has 0 unspecified atom stereocenters. The number of benzene rings is 1. The van der Waals surface area contributed by atoms with Crippen molar-refractivity contribution in [3.8, 4) is 0 Å². The number of anilines is 1. The van der Waals surface area contributed by atoms with Crippen molar-refractivity contribution < 1.29 is 9.90 Å². The van der Waals surface area contributed by atoms with Gasteiger partial charge in [-0.05, 0) is 64.2 Å². The van der Waals surface area contributed by atoms with E-state index in [1.165, 1.54) is 0 Å². The standard InChI is InChI=1S/C6H5Br2N.C5H11NO2/c7-5-2-1-4(9)3-6(5)8;1-6(2)4-3-5(7)8/h1-3H,9H2;3-4H2,1-2H3,(H,7,8). The van der Waals surface area contributed by atoms with E-state index in [0.29, 0.717) is 6.54 Å². The molecule has 0 aliphatic rings. The summed E-state index contributed by atoms with van der Waals surface area (Å²) in [4.78, 5) is 11.7. The minimum Gasteiger partial charge on any atom is -0.481 e. The fraction of sp³-hybridized carbons (Fsp3) is 0.364. The summed E-state index contributed by atoms with van der Waals surface area (Å²) < 4.78 is 2.01. The van der Waals surface area contributed by atoms with E-state index in [1.807, 2.05) is 37.2 Å². The SMILES string of the molecule is CN(C)CCC(=O)O.Nc1ccc(Br)c(Br)c1. The highest BCUT2D eigenvalue weighted by Gasteiger charge is 1.95. The Hall–Kier alpha value is -0.590. The van der Waals surface area contributed by atoms with Crippen LogP contribution in [0.15, 0.2) is 27.1 Å². The summed E-state index contributed by atoms with van der Waals surface area (Å²) in [6, 6.07) is 5.60. The molecule has 0 spiro atoms. The molecule has 0 atom stereocenters. The molecule has 0 saturated carbocycles. The third kappa shape index (κ3) is 9.14. The van der Waals surface area contributed by atoms with Gasteiger partial charge in [-0.1, -0.05) is 0 Å². The van der Waals surface area contributed by atoms with Gasteiger partial charge in [-0.25, -0.2) is 0 Å². The van der Waals surface area contributed by atoms with Crippen LogP contribution in [0.25, 0.3) is 0 Å². The second-order valence-electron chi connectivity index (χ2n) is 3.62. The molecule has 96 valence electrons. The molecule has 3 N–H and O–H groups in total. The summed E-state index contributed by atoms with van der Waals surface area (Å²) in [6.07, 6.45) is 0.229. The number of aliphatic carboxylic acids is 1. The topological polar surface area (TPSA) is 66.6 Å². The highest BCUT2D eigenvalue weighted by Crippen LogP contribution is 2.24. The number of hydrogen-bond acceptors (Lipinski definition) is 3. The van der Waals surface area contributed by atoms with Crippen LogP contribution in [0.3, 0.4) is 0 Å². The molecule has 0 aliphatic carbocycles. The van der Waals surface area contributed by atoms with Crippen LogP contribution < -0.4 is 5.73 Å². The van der Waals surface area contributed by atoms with E-state index in [4.69, 9.17) is 10.8 Å². The van der Waals surface area contributed by atoms with Crippen molar-refractivity contribution in [3.05, 3.63) is 27.1 Å². The van der Waals surface area contributed by atoms with Crippen molar-refractivity contribution in [1.82, 2.24) is 4.90 Å². The van der Waals surface area contributed by atoms with Crippen molar-refractivity contribution in [2.75, 3.05) is 26.4 Å². The molecule has 0 aliphatic heterocycles. The Morgan fingerprint density at radius 2 is 1.94 bits per heavy atom. The van der Waals surface area contributed by atoms with Gasteiger partial charge in [0.05, 0.1) is 6.42 Å². The Bertz CT molecular complexity index is 370. The number of carboxylic acids is 1. The Labute approximate surface area is 118 Å². The van der Waals surface area contributed by atoms with E-state index < -0.39 is 5.97 Å². The number of nitrogen functional groups attached to an aromatic ring is 1. The summed E-state index contributed by atoms with van der Waals surface area (Å²) in [7, 11) is 3.70. The minimum atomic E-state index is -0.737. The number of hydrogen-bond donors (Lipinski definition) is 2. The summed E-state index contributed by atoms with van der Waals surface area (Å²) in [6.45, 7) is 0.620. The predicted molar refractivity (Wildman–Crippen MR) is 77.1 cm³/mol. The summed E-state index contributed by atoms with van der Waals surface area (Å²) in [5.74, 6) is -0.737. The van der Waals surface area contributed by atoms with Crippen LogP contribution >= 0.6 is 31.9 Å². The third-order valence-electron chi connectivity index (χ3n) is 1.72. The van der Waals surface area contributed by atoms with E-state index in [9.17, 15) is 4.79 Å². The maximum Gasteiger partial charge on any atom is 0.304 e. The number of halogens is 2. The maximum absolute atomic E-state index is 9.88. The molecule has 0 bridgehead atoms. The Kier molecular flexibility index (Phi) is 8.20. The maximum atomic E-state index is 9.88. The van der Waals surface area contributed by atoms with E-state index in [0.717, 1.165) is 14.6 Å². The van der Waals surface area contributed by atoms with Crippen molar-refractivity contribution >= 4 is 43.5 Å². The zero-order valence-electron chi connectivity index (χ0n) is 9.78. The number of carboxylic acid groups (broad SMARTS) is 1. The smallest absolute Gasteiger partial charge is 0.304 e. The zero-order valence-corrected chi connectivity index (χ0v) is 13.0. The second kappa shape index (κ2) is 8.49. The Balaban J connectivity index is 0.000000304. The molecule has 1 aromatic carbocycles. The molecular weight excluding hydrogens is 352 g/mol. The molecule has 17 heavy (non-hydrogen) atoms. The van der Waals surface area contributed by atoms with Crippen molar-refractivity contribution in [2.24, 2.45) is 0 Å². The van der Waals surface area contributed by atoms with Crippen LogP contribution in [0.2, 0.25) is 0 Å². The molecule has 0 aromatic heterocycles. The van der Waals surface area contributed by atoms with Gasteiger partial charge in [0, 0.05) is 21.2 Å². The van der Waals surface area contributed by atoms with Crippen LogP contribution in [0.4, 0.5) is 5.69 Å². The molecule has 0 radical (unpaired) electrons. The van der Waals surface area contributed by atoms with Gasteiger partial charge in [0.2, 0.25) is 0 Å². The lowest BCUT2D eigenvalue weighted by atomic mass is 10.3. The first-order chi connectivity index (χ1) is 7.82. The first-order valence-electron chi connectivity index (χ1n) is 4.90. The van der Waals surface area contributed by atoms with E-state index in [2.05, 4.69) is 31.9 Å². The fourth-order valence-corrected chi connectivity index (χ4v) is 1.47. The monoisotopic (exact) mass is 366 g/mol. The Morgan fingerprint density at radius 3 is 2.24 bits per heavy atom.